The van der Waals surface area contributed by atoms with Crippen molar-refractivity contribution in [1.82, 2.24) is 0 Å². The van der Waals surface area contributed by atoms with E-state index in [-0.39, 0.29) is 0 Å². The first-order chi connectivity index (χ1) is 9.70. The van der Waals surface area contributed by atoms with Crippen LogP contribution in [-0.4, -0.2) is 11.1 Å². The minimum atomic E-state index is -0.891. The standard InChI is InChI=1S/C16H14O2.C2H6/c1-12(16(17)18)15(13-8-4-2-5-9-13)14-10-6-3-7-11-14;1-2/h2-11H,1H3,(H,17,18);1-2H3. The molecule has 2 aromatic carbocycles. The molecule has 0 amide bonds. The number of aliphatic carboxylic acids is 1. The molecule has 0 aliphatic carbocycles. The van der Waals surface area contributed by atoms with Crippen LogP contribution in [0.2, 0.25) is 0 Å². The van der Waals surface area contributed by atoms with Crippen molar-refractivity contribution in [2.75, 3.05) is 0 Å². The van der Waals surface area contributed by atoms with Crippen molar-refractivity contribution in [3.8, 4) is 0 Å². The molecule has 0 aliphatic rings. The van der Waals surface area contributed by atoms with E-state index in [2.05, 4.69) is 0 Å². The van der Waals surface area contributed by atoms with Gasteiger partial charge in [0.15, 0.2) is 0 Å². The van der Waals surface area contributed by atoms with Crippen molar-refractivity contribution in [3.63, 3.8) is 0 Å². The highest BCUT2D eigenvalue weighted by molar-refractivity contribution is 6.00. The first-order valence-corrected chi connectivity index (χ1v) is 6.75. The molecule has 2 aromatic rings. The van der Waals surface area contributed by atoms with E-state index < -0.39 is 5.97 Å². The highest BCUT2D eigenvalue weighted by Crippen LogP contribution is 2.26. The van der Waals surface area contributed by atoms with Crippen molar-refractivity contribution in [2.24, 2.45) is 0 Å². The van der Waals surface area contributed by atoms with Crippen molar-refractivity contribution in [3.05, 3.63) is 77.4 Å². The summed E-state index contributed by atoms with van der Waals surface area (Å²) < 4.78 is 0. The molecular formula is C18H20O2. The van der Waals surface area contributed by atoms with Crippen molar-refractivity contribution < 1.29 is 9.90 Å². The molecule has 0 radical (unpaired) electrons. The zero-order valence-electron chi connectivity index (χ0n) is 12.1. The molecule has 20 heavy (non-hydrogen) atoms. The maximum Gasteiger partial charge on any atom is 0.331 e. The zero-order chi connectivity index (χ0) is 15.0. The summed E-state index contributed by atoms with van der Waals surface area (Å²) in [6.45, 7) is 5.64. The Labute approximate surface area is 120 Å². The molecule has 0 bridgehead atoms. The summed E-state index contributed by atoms with van der Waals surface area (Å²) >= 11 is 0. The Hall–Kier alpha value is -2.35. The number of carbonyl (C=O) groups is 1. The Morgan fingerprint density at radius 1 is 0.800 bits per heavy atom. The number of carboxylic acid groups (broad SMARTS) is 1. The van der Waals surface area contributed by atoms with Crippen LogP contribution < -0.4 is 0 Å². The number of hydrogen-bond acceptors (Lipinski definition) is 1. The van der Waals surface area contributed by atoms with Crippen LogP contribution in [0.5, 0.6) is 0 Å². The average Bonchev–Trinajstić information content (AvgIpc) is 2.51. The maximum atomic E-state index is 11.2. The summed E-state index contributed by atoms with van der Waals surface area (Å²) in [4.78, 5) is 11.2. The number of rotatable bonds is 3. The minimum Gasteiger partial charge on any atom is -0.478 e. The van der Waals surface area contributed by atoms with Crippen LogP contribution in [0.3, 0.4) is 0 Å². The Morgan fingerprint density at radius 2 is 1.15 bits per heavy atom. The summed E-state index contributed by atoms with van der Waals surface area (Å²) in [6.07, 6.45) is 0. The normalized spacial score (nSPS) is 9.15. The van der Waals surface area contributed by atoms with Gasteiger partial charge in [0, 0.05) is 5.57 Å². The second-order valence-corrected chi connectivity index (χ2v) is 4.04. The average molecular weight is 268 g/mol. The lowest BCUT2D eigenvalue weighted by Gasteiger charge is -2.10. The van der Waals surface area contributed by atoms with E-state index in [1.165, 1.54) is 0 Å². The maximum absolute atomic E-state index is 11.2. The number of carboxylic acids is 1. The third-order valence-electron chi connectivity index (χ3n) is 2.82. The van der Waals surface area contributed by atoms with E-state index >= 15 is 0 Å². The molecule has 104 valence electrons. The van der Waals surface area contributed by atoms with Gasteiger partial charge in [0.1, 0.15) is 0 Å². The SMILES string of the molecule is CC.CC(C(=O)O)=C(c1ccccc1)c1ccccc1. The predicted molar refractivity (Wildman–Crippen MR) is 83.6 cm³/mol. The molecule has 0 saturated heterocycles. The smallest absolute Gasteiger partial charge is 0.331 e. The third kappa shape index (κ3) is 3.82. The predicted octanol–water partition coefficient (Wildman–Crippen LogP) is 4.62. The van der Waals surface area contributed by atoms with Crippen LogP contribution in [-0.2, 0) is 4.79 Å². The van der Waals surface area contributed by atoms with Crippen molar-refractivity contribution in [1.29, 1.82) is 0 Å². The van der Waals surface area contributed by atoms with Crippen LogP contribution in [0.4, 0.5) is 0 Å². The fourth-order valence-corrected chi connectivity index (χ4v) is 1.92. The van der Waals surface area contributed by atoms with Crippen LogP contribution in [0.15, 0.2) is 66.2 Å². The molecule has 2 nitrogen and oxygen atoms in total. The van der Waals surface area contributed by atoms with E-state index in [0.29, 0.717) is 5.57 Å². The van der Waals surface area contributed by atoms with E-state index in [4.69, 9.17) is 0 Å². The summed E-state index contributed by atoms with van der Waals surface area (Å²) in [7, 11) is 0. The third-order valence-corrected chi connectivity index (χ3v) is 2.82. The second kappa shape index (κ2) is 7.95. The summed E-state index contributed by atoms with van der Waals surface area (Å²) in [5, 5.41) is 9.22. The van der Waals surface area contributed by atoms with Crippen molar-refractivity contribution in [2.45, 2.75) is 20.8 Å². The molecule has 0 atom stereocenters. The summed E-state index contributed by atoms with van der Waals surface area (Å²) in [5.74, 6) is -0.891. The van der Waals surface area contributed by atoms with Crippen molar-refractivity contribution >= 4 is 11.5 Å². The molecule has 0 saturated carbocycles. The topological polar surface area (TPSA) is 37.3 Å². The van der Waals surface area contributed by atoms with Crippen LogP contribution in [0.1, 0.15) is 31.9 Å². The van der Waals surface area contributed by atoms with Gasteiger partial charge < -0.3 is 5.11 Å². The van der Waals surface area contributed by atoms with E-state index in [0.717, 1.165) is 16.7 Å². The molecule has 0 aromatic heterocycles. The van der Waals surface area contributed by atoms with E-state index in [1.807, 2.05) is 74.5 Å². The van der Waals surface area contributed by atoms with Crippen LogP contribution >= 0.6 is 0 Å². The van der Waals surface area contributed by atoms with E-state index in [9.17, 15) is 9.90 Å². The molecule has 1 N–H and O–H groups in total. The summed E-state index contributed by atoms with van der Waals surface area (Å²) in [6, 6.07) is 19.2. The highest BCUT2D eigenvalue weighted by atomic mass is 16.4. The van der Waals surface area contributed by atoms with Gasteiger partial charge in [-0.1, -0.05) is 74.5 Å². The molecule has 0 fully saturated rings. The van der Waals surface area contributed by atoms with Gasteiger partial charge in [0.25, 0.3) is 0 Å². The first-order valence-electron chi connectivity index (χ1n) is 6.75. The van der Waals surface area contributed by atoms with E-state index in [1.54, 1.807) is 6.92 Å². The van der Waals surface area contributed by atoms with Gasteiger partial charge in [0.05, 0.1) is 0 Å². The highest BCUT2D eigenvalue weighted by Gasteiger charge is 2.12. The molecule has 2 heteroatoms. The lowest BCUT2D eigenvalue weighted by molar-refractivity contribution is -0.132. The first kappa shape index (κ1) is 15.7. The molecule has 0 heterocycles. The Bertz CT molecular complexity index is 527. The Morgan fingerprint density at radius 3 is 1.45 bits per heavy atom. The quantitative estimate of drug-likeness (QED) is 0.825. The fourth-order valence-electron chi connectivity index (χ4n) is 1.92. The largest absolute Gasteiger partial charge is 0.478 e. The molecule has 0 aliphatic heterocycles. The molecule has 2 rings (SSSR count). The Balaban J connectivity index is 0.000000956. The minimum absolute atomic E-state index is 0.354. The Kier molecular flexibility index (Phi) is 6.24. The number of hydrogen-bond donors (Lipinski definition) is 1. The lowest BCUT2D eigenvalue weighted by atomic mass is 9.94. The van der Waals surface area contributed by atoms with Gasteiger partial charge in [-0.15, -0.1) is 0 Å². The number of benzene rings is 2. The fraction of sp³-hybridized carbons (Fsp3) is 0.167. The van der Waals surface area contributed by atoms with Gasteiger partial charge in [-0.05, 0) is 23.6 Å². The molecule has 0 spiro atoms. The van der Waals surface area contributed by atoms with Gasteiger partial charge in [-0.3, -0.25) is 0 Å². The van der Waals surface area contributed by atoms with Gasteiger partial charge in [0.2, 0.25) is 0 Å². The van der Waals surface area contributed by atoms with Gasteiger partial charge in [-0.25, -0.2) is 4.79 Å². The van der Waals surface area contributed by atoms with Gasteiger partial charge >= 0.3 is 5.97 Å². The van der Waals surface area contributed by atoms with Gasteiger partial charge in [-0.2, -0.15) is 0 Å². The second-order valence-electron chi connectivity index (χ2n) is 4.04. The van der Waals surface area contributed by atoms with Crippen LogP contribution in [0, 0.1) is 0 Å². The zero-order valence-corrected chi connectivity index (χ0v) is 12.1. The molecular weight excluding hydrogens is 248 g/mol. The monoisotopic (exact) mass is 268 g/mol. The summed E-state index contributed by atoms with van der Waals surface area (Å²) in [5.41, 5.74) is 2.96. The lowest BCUT2D eigenvalue weighted by Crippen LogP contribution is -2.02. The molecule has 0 unspecified atom stereocenters. The van der Waals surface area contributed by atoms with Crippen LogP contribution in [0.25, 0.3) is 5.57 Å².